The van der Waals surface area contributed by atoms with Crippen molar-refractivity contribution >= 4 is 29.3 Å². The van der Waals surface area contributed by atoms with E-state index >= 15 is 0 Å². The van der Waals surface area contributed by atoms with Crippen molar-refractivity contribution < 1.29 is 14.3 Å². The highest BCUT2D eigenvalue weighted by molar-refractivity contribution is 8.00. The largest absolute Gasteiger partial charge is 0.455 e. The lowest BCUT2D eigenvalue weighted by Gasteiger charge is -2.15. The Morgan fingerprint density at radius 2 is 1.93 bits per heavy atom. The lowest BCUT2D eigenvalue weighted by molar-refractivity contribution is -0.144. The van der Waals surface area contributed by atoms with Crippen molar-refractivity contribution in [2.45, 2.75) is 50.3 Å². The Morgan fingerprint density at radius 3 is 2.75 bits per heavy atom. The minimum Gasteiger partial charge on any atom is -0.455 e. The molecule has 2 aromatic carbocycles. The highest BCUT2D eigenvalue weighted by Gasteiger charge is 2.14. The van der Waals surface area contributed by atoms with Gasteiger partial charge in [-0.1, -0.05) is 38.1 Å². The maximum absolute atomic E-state index is 12.2. The Kier molecular flexibility index (Phi) is 7.15. The van der Waals surface area contributed by atoms with Gasteiger partial charge in [0.15, 0.2) is 6.61 Å². The number of hydrogen-bond acceptors (Lipinski definition) is 4. The Balaban J connectivity index is 1.45. The third kappa shape index (κ3) is 5.38. The van der Waals surface area contributed by atoms with E-state index in [0.29, 0.717) is 5.92 Å². The summed E-state index contributed by atoms with van der Waals surface area (Å²) in [5.41, 5.74) is 4.68. The number of carbonyl (C=O) groups is 2. The topological polar surface area (TPSA) is 55.4 Å². The minimum absolute atomic E-state index is 0.204. The first-order valence-corrected chi connectivity index (χ1v) is 10.8. The van der Waals surface area contributed by atoms with Gasteiger partial charge in [0.1, 0.15) is 0 Å². The van der Waals surface area contributed by atoms with Gasteiger partial charge >= 0.3 is 5.97 Å². The van der Waals surface area contributed by atoms with Gasteiger partial charge in [-0.15, -0.1) is 11.8 Å². The summed E-state index contributed by atoms with van der Waals surface area (Å²) < 4.78 is 5.15. The molecule has 0 saturated carbocycles. The Bertz CT molecular complexity index is 849. The first-order valence-electron chi connectivity index (χ1n) is 9.85. The molecule has 1 amide bonds. The Labute approximate surface area is 171 Å². The molecule has 4 nitrogen and oxygen atoms in total. The first-order chi connectivity index (χ1) is 13.6. The van der Waals surface area contributed by atoms with Gasteiger partial charge < -0.3 is 10.1 Å². The first kappa shape index (κ1) is 20.5. The van der Waals surface area contributed by atoms with E-state index in [-0.39, 0.29) is 24.2 Å². The van der Waals surface area contributed by atoms with Gasteiger partial charge in [-0.05, 0) is 66.5 Å². The molecule has 0 bridgehead atoms. The third-order valence-corrected chi connectivity index (χ3v) is 6.14. The van der Waals surface area contributed by atoms with E-state index in [2.05, 4.69) is 37.4 Å². The number of nitrogens with one attached hydrogen (secondary N) is 1. The van der Waals surface area contributed by atoms with Crippen LogP contribution in [0, 0.1) is 0 Å². The van der Waals surface area contributed by atoms with Gasteiger partial charge in [0.25, 0.3) is 5.91 Å². The second kappa shape index (κ2) is 9.78. The van der Waals surface area contributed by atoms with Crippen LogP contribution < -0.4 is 5.32 Å². The molecule has 0 aliphatic heterocycles. The quantitative estimate of drug-likeness (QED) is 0.505. The number of carbonyl (C=O) groups excluding carboxylic acids is 2. The van der Waals surface area contributed by atoms with Crippen molar-refractivity contribution in [1.29, 1.82) is 0 Å². The maximum atomic E-state index is 12.2. The summed E-state index contributed by atoms with van der Waals surface area (Å²) in [6, 6.07) is 14.1. The predicted molar refractivity (Wildman–Crippen MR) is 114 cm³/mol. The number of rotatable bonds is 8. The van der Waals surface area contributed by atoms with E-state index in [1.807, 2.05) is 24.3 Å². The van der Waals surface area contributed by atoms with E-state index in [0.717, 1.165) is 35.4 Å². The summed E-state index contributed by atoms with van der Waals surface area (Å²) in [4.78, 5) is 25.3. The average Bonchev–Trinajstić information content (AvgIpc) is 3.18. The molecule has 1 aliphatic rings. The van der Waals surface area contributed by atoms with Crippen LogP contribution in [0.1, 0.15) is 49.3 Å². The SMILES string of the molecule is CC[C@@H](C)c1ccccc1NC(=O)COC(=O)CSc1ccc2c(c1)CCC2. The molecule has 3 rings (SSSR count). The molecule has 1 N–H and O–H groups in total. The molecule has 28 heavy (non-hydrogen) atoms. The summed E-state index contributed by atoms with van der Waals surface area (Å²) in [6.07, 6.45) is 4.46. The number of hydrogen-bond donors (Lipinski definition) is 1. The second-order valence-corrected chi connectivity index (χ2v) is 8.23. The van der Waals surface area contributed by atoms with Crippen LogP contribution in [-0.2, 0) is 27.2 Å². The molecule has 0 saturated heterocycles. The van der Waals surface area contributed by atoms with Crippen LogP contribution >= 0.6 is 11.8 Å². The van der Waals surface area contributed by atoms with Crippen LogP contribution in [-0.4, -0.2) is 24.2 Å². The smallest absolute Gasteiger partial charge is 0.316 e. The molecule has 5 heteroatoms. The van der Waals surface area contributed by atoms with E-state index in [4.69, 9.17) is 4.74 Å². The number of aryl methyl sites for hydroxylation is 2. The Hall–Kier alpha value is -2.27. The van der Waals surface area contributed by atoms with E-state index in [9.17, 15) is 9.59 Å². The zero-order valence-corrected chi connectivity index (χ0v) is 17.3. The number of esters is 1. The number of anilines is 1. The number of fused-ring (bicyclic) bond motifs is 1. The number of ether oxygens (including phenoxy) is 1. The molecule has 0 aromatic heterocycles. The molecule has 0 unspecified atom stereocenters. The Morgan fingerprint density at radius 1 is 1.14 bits per heavy atom. The molecule has 0 heterocycles. The van der Waals surface area contributed by atoms with Crippen molar-refractivity contribution in [3.05, 3.63) is 59.2 Å². The summed E-state index contributed by atoms with van der Waals surface area (Å²) in [5, 5.41) is 2.86. The van der Waals surface area contributed by atoms with Gasteiger partial charge in [-0.3, -0.25) is 9.59 Å². The number of benzene rings is 2. The average molecular weight is 398 g/mol. The molecule has 0 fully saturated rings. The summed E-state index contributed by atoms with van der Waals surface area (Å²) in [5.74, 6) is -0.138. The minimum atomic E-state index is -0.379. The van der Waals surface area contributed by atoms with Gasteiger partial charge in [0.2, 0.25) is 0 Å². The lowest BCUT2D eigenvalue weighted by Crippen LogP contribution is -2.22. The molecular weight excluding hydrogens is 370 g/mol. The molecule has 2 aromatic rings. The molecule has 0 radical (unpaired) electrons. The lowest BCUT2D eigenvalue weighted by atomic mass is 9.97. The summed E-state index contributed by atoms with van der Waals surface area (Å²) in [6.45, 7) is 3.98. The van der Waals surface area contributed by atoms with E-state index < -0.39 is 0 Å². The third-order valence-electron chi connectivity index (χ3n) is 5.17. The number of thioether (sulfide) groups is 1. The van der Waals surface area contributed by atoms with Crippen LogP contribution in [0.5, 0.6) is 0 Å². The fourth-order valence-corrected chi connectivity index (χ4v) is 4.17. The predicted octanol–water partition coefficient (Wildman–Crippen LogP) is 4.96. The van der Waals surface area contributed by atoms with Crippen molar-refractivity contribution in [2.75, 3.05) is 17.7 Å². The van der Waals surface area contributed by atoms with Gasteiger partial charge in [-0.25, -0.2) is 0 Å². The van der Waals surface area contributed by atoms with Gasteiger partial charge in [-0.2, -0.15) is 0 Å². The molecule has 1 atom stereocenters. The fourth-order valence-electron chi connectivity index (χ4n) is 3.41. The number of para-hydroxylation sites is 1. The second-order valence-electron chi connectivity index (χ2n) is 7.18. The molecular formula is C23H27NO3S. The van der Waals surface area contributed by atoms with Crippen LogP contribution in [0.4, 0.5) is 5.69 Å². The summed E-state index contributed by atoms with van der Waals surface area (Å²) >= 11 is 1.45. The monoisotopic (exact) mass is 397 g/mol. The van der Waals surface area contributed by atoms with E-state index in [1.165, 1.54) is 29.3 Å². The van der Waals surface area contributed by atoms with Crippen molar-refractivity contribution in [2.24, 2.45) is 0 Å². The van der Waals surface area contributed by atoms with Crippen molar-refractivity contribution in [3.63, 3.8) is 0 Å². The molecule has 148 valence electrons. The van der Waals surface area contributed by atoms with E-state index in [1.54, 1.807) is 0 Å². The zero-order chi connectivity index (χ0) is 19.9. The van der Waals surface area contributed by atoms with Crippen LogP contribution in [0.3, 0.4) is 0 Å². The van der Waals surface area contributed by atoms with Crippen molar-refractivity contribution in [1.82, 2.24) is 0 Å². The van der Waals surface area contributed by atoms with Crippen molar-refractivity contribution in [3.8, 4) is 0 Å². The number of amides is 1. The van der Waals surface area contributed by atoms with Crippen LogP contribution in [0.25, 0.3) is 0 Å². The van der Waals surface area contributed by atoms with Gasteiger partial charge in [0, 0.05) is 10.6 Å². The van der Waals surface area contributed by atoms with Gasteiger partial charge in [0.05, 0.1) is 5.75 Å². The highest BCUT2D eigenvalue weighted by atomic mass is 32.2. The fraction of sp³-hybridized carbons (Fsp3) is 0.391. The maximum Gasteiger partial charge on any atom is 0.316 e. The summed E-state index contributed by atoms with van der Waals surface area (Å²) in [7, 11) is 0. The standard InChI is InChI=1S/C23H27NO3S/c1-3-16(2)20-9-4-5-10-21(20)24-22(25)14-27-23(26)15-28-19-12-11-17-7-6-8-18(17)13-19/h4-5,9-13,16H,3,6-8,14-15H2,1-2H3,(H,24,25)/t16-/m1/s1. The normalized spacial score (nSPS) is 13.6. The highest BCUT2D eigenvalue weighted by Crippen LogP contribution is 2.28. The van der Waals surface area contributed by atoms with Crippen LogP contribution in [0.15, 0.2) is 47.4 Å². The molecule has 1 aliphatic carbocycles. The molecule has 0 spiro atoms. The van der Waals surface area contributed by atoms with Crippen LogP contribution in [0.2, 0.25) is 0 Å². The zero-order valence-electron chi connectivity index (χ0n) is 16.5.